The Bertz CT molecular complexity index is 1210. The average molecular weight is 459 g/mol. The number of hydrogen-bond acceptors (Lipinski definition) is 6. The monoisotopic (exact) mass is 459 g/mol. The Kier molecular flexibility index (Phi) is 5.91. The van der Waals surface area contributed by atoms with Crippen LogP contribution in [0.25, 0.3) is 11.6 Å². The Morgan fingerprint density at radius 1 is 1.06 bits per heavy atom. The summed E-state index contributed by atoms with van der Waals surface area (Å²) in [6.07, 6.45) is -3.06. The summed E-state index contributed by atoms with van der Waals surface area (Å²) in [4.78, 5) is 13.1. The molecule has 0 saturated carbocycles. The highest BCUT2D eigenvalue weighted by molar-refractivity contribution is 8.00. The minimum atomic E-state index is -4.52. The molecule has 164 valence electrons. The molecule has 3 N–H and O–H groups in total. The summed E-state index contributed by atoms with van der Waals surface area (Å²) in [5.41, 5.74) is -0.217. The number of nitrogens with two attached hydrogens (primary N) is 1. The smallest absolute Gasteiger partial charge is 0.416 e. The Labute approximate surface area is 184 Å². The van der Waals surface area contributed by atoms with E-state index in [2.05, 4.69) is 15.5 Å². The maximum Gasteiger partial charge on any atom is 0.416 e. The molecule has 11 heteroatoms. The second-order valence-electron chi connectivity index (χ2n) is 6.63. The van der Waals surface area contributed by atoms with Gasteiger partial charge in [0.1, 0.15) is 5.25 Å². The van der Waals surface area contributed by atoms with Crippen molar-refractivity contribution >= 4 is 23.4 Å². The van der Waals surface area contributed by atoms with Crippen LogP contribution in [0.1, 0.15) is 16.4 Å². The maximum absolute atomic E-state index is 13.1. The second-order valence-corrected chi connectivity index (χ2v) is 7.70. The third kappa shape index (κ3) is 4.62. The lowest BCUT2D eigenvalue weighted by Crippen LogP contribution is -2.21. The first-order valence-corrected chi connectivity index (χ1v) is 10.1. The SMILES string of the molecule is Nn1c(S[C@@H](C(=O)Nc2cccc(C(F)(F)F)c2)c2ccccc2)nnc1-c1ccco1. The first kappa shape index (κ1) is 21.5. The fraction of sp³-hybridized carbons (Fsp3) is 0.0952. The van der Waals surface area contributed by atoms with Gasteiger partial charge in [-0.05, 0) is 35.9 Å². The number of nitrogen functional groups attached to an aromatic ring is 1. The van der Waals surface area contributed by atoms with Crippen LogP contribution in [0.3, 0.4) is 0 Å². The normalized spacial score (nSPS) is 12.5. The van der Waals surface area contributed by atoms with E-state index in [4.69, 9.17) is 10.3 Å². The zero-order valence-corrected chi connectivity index (χ0v) is 17.1. The molecule has 0 saturated heterocycles. The number of nitrogens with one attached hydrogen (secondary N) is 1. The molecular formula is C21H16F3N5O2S. The van der Waals surface area contributed by atoms with Gasteiger partial charge in [0.25, 0.3) is 0 Å². The number of thioether (sulfide) groups is 1. The predicted molar refractivity (Wildman–Crippen MR) is 113 cm³/mol. The topological polar surface area (TPSA) is 99.0 Å². The molecule has 0 unspecified atom stereocenters. The average Bonchev–Trinajstić information content (AvgIpc) is 3.42. The molecule has 4 aromatic rings. The predicted octanol–water partition coefficient (Wildman–Crippen LogP) is 4.74. The Balaban J connectivity index is 1.62. The van der Waals surface area contributed by atoms with Crippen molar-refractivity contribution in [2.45, 2.75) is 16.6 Å². The molecular weight excluding hydrogens is 443 g/mol. The molecule has 32 heavy (non-hydrogen) atoms. The molecule has 1 amide bonds. The molecule has 1 atom stereocenters. The number of furan rings is 1. The fourth-order valence-electron chi connectivity index (χ4n) is 2.92. The number of amides is 1. The van der Waals surface area contributed by atoms with Gasteiger partial charge in [-0.2, -0.15) is 13.2 Å². The summed E-state index contributed by atoms with van der Waals surface area (Å²) in [6, 6.07) is 16.5. The number of aromatic nitrogens is 3. The Morgan fingerprint density at radius 3 is 2.53 bits per heavy atom. The molecule has 0 bridgehead atoms. The highest BCUT2D eigenvalue weighted by Gasteiger charge is 2.31. The first-order valence-electron chi connectivity index (χ1n) is 9.27. The first-order chi connectivity index (χ1) is 15.3. The van der Waals surface area contributed by atoms with Gasteiger partial charge >= 0.3 is 6.18 Å². The van der Waals surface area contributed by atoms with Crippen molar-refractivity contribution in [2.75, 3.05) is 11.2 Å². The minimum Gasteiger partial charge on any atom is -0.461 e. The van der Waals surface area contributed by atoms with Crippen LogP contribution in [0.5, 0.6) is 0 Å². The van der Waals surface area contributed by atoms with E-state index in [9.17, 15) is 18.0 Å². The number of hydrogen-bond donors (Lipinski definition) is 2. The van der Waals surface area contributed by atoms with Crippen LogP contribution >= 0.6 is 11.8 Å². The van der Waals surface area contributed by atoms with Crippen LogP contribution in [0.4, 0.5) is 18.9 Å². The number of carbonyl (C=O) groups is 1. The van der Waals surface area contributed by atoms with Gasteiger partial charge in [0.2, 0.25) is 16.9 Å². The number of benzene rings is 2. The highest BCUT2D eigenvalue weighted by atomic mass is 32.2. The molecule has 4 rings (SSSR count). The second kappa shape index (κ2) is 8.79. The zero-order chi connectivity index (χ0) is 22.7. The van der Waals surface area contributed by atoms with E-state index in [0.717, 1.165) is 23.9 Å². The van der Waals surface area contributed by atoms with E-state index in [-0.39, 0.29) is 16.7 Å². The molecule has 0 aliphatic rings. The third-order valence-corrected chi connectivity index (χ3v) is 5.64. The van der Waals surface area contributed by atoms with E-state index >= 15 is 0 Å². The largest absolute Gasteiger partial charge is 0.461 e. The van der Waals surface area contributed by atoms with Gasteiger partial charge in [-0.1, -0.05) is 48.2 Å². The van der Waals surface area contributed by atoms with Crippen molar-refractivity contribution in [1.82, 2.24) is 14.9 Å². The third-order valence-electron chi connectivity index (χ3n) is 4.43. The lowest BCUT2D eigenvalue weighted by molar-refractivity contribution is -0.137. The van der Waals surface area contributed by atoms with Gasteiger partial charge in [0, 0.05) is 5.69 Å². The standard InChI is InChI=1S/C21H16F3N5O2S/c22-21(23,24)14-8-4-9-15(12-14)26-19(30)17(13-6-2-1-3-7-13)32-20-28-27-18(29(20)25)16-10-5-11-31-16/h1-12,17H,25H2,(H,26,30)/t17-/m1/s1. The molecule has 2 aromatic carbocycles. The molecule has 0 spiro atoms. The molecule has 7 nitrogen and oxygen atoms in total. The molecule has 2 aromatic heterocycles. The minimum absolute atomic E-state index is 0.0249. The summed E-state index contributed by atoms with van der Waals surface area (Å²) in [7, 11) is 0. The number of halogens is 3. The number of anilines is 1. The molecule has 0 fully saturated rings. The summed E-state index contributed by atoms with van der Waals surface area (Å²) in [5, 5.41) is 9.96. The van der Waals surface area contributed by atoms with Gasteiger partial charge in [-0.3, -0.25) is 4.79 Å². The highest BCUT2D eigenvalue weighted by Crippen LogP contribution is 2.36. The quantitative estimate of drug-likeness (QED) is 0.319. The van der Waals surface area contributed by atoms with E-state index in [0.29, 0.717) is 11.3 Å². The van der Waals surface area contributed by atoms with E-state index < -0.39 is 22.9 Å². The van der Waals surface area contributed by atoms with Crippen LogP contribution in [0.15, 0.2) is 82.6 Å². The number of rotatable bonds is 6. The van der Waals surface area contributed by atoms with Crippen LogP contribution in [0, 0.1) is 0 Å². The maximum atomic E-state index is 13.1. The lowest BCUT2D eigenvalue weighted by Gasteiger charge is -2.17. The van der Waals surface area contributed by atoms with E-state index in [1.807, 2.05) is 0 Å². The van der Waals surface area contributed by atoms with Crippen molar-refractivity contribution in [2.24, 2.45) is 0 Å². The summed E-state index contributed by atoms with van der Waals surface area (Å²) in [5.74, 6) is 6.22. The molecule has 0 radical (unpaired) electrons. The molecule has 2 heterocycles. The molecule has 0 aliphatic heterocycles. The summed E-state index contributed by atoms with van der Waals surface area (Å²) in [6.45, 7) is 0. The van der Waals surface area contributed by atoms with Crippen molar-refractivity contribution in [3.63, 3.8) is 0 Å². The van der Waals surface area contributed by atoms with Gasteiger partial charge < -0.3 is 15.6 Å². The molecule has 0 aliphatic carbocycles. The van der Waals surface area contributed by atoms with Crippen LogP contribution in [-0.4, -0.2) is 20.8 Å². The van der Waals surface area contributed by atoms with Gasteiger partial charge in [0.15, 0.2) is 5.76 Å². The van der Waals surface area contributed by atoms with Crippen molar-refractivity contribution < 1.29 is 22.4 Å². The Morgan fingerprint density at radius 2 is 1.84 bits per heavy atom. The number of carbonyl (C=O) groups excluding carboxylic acids is 1. The van der Waals surface area contributed by atoms with Crippen molar-refractivity contribution in [1.29, 1.82) is 0 Å². The summed E-state index contributed by atoms with van der Waals surface area (Å²) < 4.78 is 45.5. The van der Waals surface area contributed by atoms with Crippen LogP contribution in [0.2, 0.25) is 0 Å². The Hall–Kier alpha value is -3.73. The van der Waals surface area contributed by atoms with E-state index in [1.54, 1.807) is 42.5 Å². The van der Waals surface area contributed by atoms with Crippen molar-refractivity contribution in [3.05, 3.63) is 84.1 Å². The van der Waals surface area contributed by atoms with Gasteiger partial charge in [0.05, 0.1) is 11.8 Å². The van der Waals surface area contributed by atoms with Gasteiger partial charge in [-0.25, -0.2) is 4.68 Å². The van der Waals surface area contributed by atoms with Crippen LogP contribution in [-0.2, 0) is 11.0 Å². The number of alkyl halides is 3. The number of nitrogens with zero attached hydrogens (tertiary/aromatic N) is 3. The zero-order valence-electron chi connectivity index (χ0n) is 16.3. The van der Waals surface area contributed by atoms with Crippen molar-refractivity contribution in [3.8, 4) is 11.6 Å². The van der Waals surface area contributed by atoms with E-state index in [1.165, 1.54) is 23.1 Å². The fourth-order valence-corrected chi connectivity index (χ4v) is 3.88. The van der Waals surface area contributed by atoms with Crippen LogP contribution < -0.4 is 11.2 Å². The lowest BCUT2D eigenvalue weighted by atomic mass is 10.1. The van der Waals surface area contributed by atoms with Gasteiger partial charge in [-0.15, -0.1) is 10.2 Å². The summed E-state index contributed by atoms with van der Waals surface area (Å²) >= 11 is 1.01.